The molecule has 0 saturated heterocycles. The van der Waals surface area contributed by atoms with E-state index in [9.17, 15) is 14.3 Å². The average molecular weight is 745 g/mol. The van der Waals surface area contributed by atoms with E-state index < -0.39 is 13.9 Å². The number of hydrogen-bond donors (Lipinski definition) is 1. The van der Waals surface area contributed by atoms with Crippen LogP contribution in [-0.4, -0.2) is 75.6 Å². The Balaban J connectivity index is 4.27. The van der Waals surface area contributed by atoms with Gasteiger partial charge >= 0.3 is 13.8 Å². The first-order valence-corrected chi connectivity index (χ1v) is 22.6. The summed E-state index contributed by atoms with van der Waals surface area (Å²) in [7, 11) is 1.66. The molecule has 8 nitrogen and oxygen atoms in total. The minimum absolute atomic E-state index is 0.0875. The number of quaternary nitrogens is 1. The van der Waals surface area contributed by atoms with E-state index in [-0.39, 0.29) is 25.8 Å². The number of nitrogens with zero attached hydrogens (tertiary/aromatic N) is 1. The van der Waals surface area contributed by atoms with Crippen molar-refractivity contribution in [1.82, 2.24) is 0 Å². The summed E-state index contributed by atoms with van der Waals surface area (Å²) in [5.74, 6) is -0.326. The lowest BCUT2D eigenvalue weighted by Crippen LogP contribution is -2.37. The number of phosphoric ester groups is 1. The molecule has 0 fully saturated rings. The van der Waals surface area contributed by atoms with Crippen molar-refractivity contribution in [2.24, 2.45) is 0 Å². The Bertz CT molecular complexity index is 874. The molecular formula is C42H83NO7P+. The zero-order valence-corrected chi connectivity index (χ0v) is 35.0. The lowest BCUT2D eigenvalue weighted by molar-refractivity contribution is -0.870. The van der Waals surface area contributed by atoms with Gasteiger partial charge in [0.25, 0.3) is 0 Å². The molecule has 0 aliphatic heterocycles. The van der Waals surface area contributed by atoms with Gasteiger partial charge in [-0.1, -0.05) is 154 Å². The van der Waals surface area contributed by atoms with Crippen LogP contribution in [-0.2, 0) is 27.9 Å². The number of hydrogen-bond acceptors (Lipinski definition) is 6. The van der Waals surface area contributed by atoms with Crippen LogP contribution in [0.2, 0.25) is 0 Å². The second-order valence-corrected chi connectivity index (χ2v) is 16.8. The summed E-state index contributed by atoms with van der Waals surface area (Å²) in [4.78, 5) is 22.8. The van der Waals surface area contributed by atoms with Crippen LogP contribution in [0.25, 0.3) is 0 Å². The molecule has 0 radical (unpaired) electrons. The minimum atomic E-state index is -4.27. The Morgan fingerprint density at radius 2 is 1.08 bits per heavy atom. The van der Waals surface area contributed by atoms with E-state index in [0.717, 1.165) is 57.8 Å². The highest BCUT2D eigenvalue weighted by atomic mass is 31.2. The highest BCUT2D eigenvalue weighted by Crippen LogP contribution is 2.43. The molecule has 302 valence electrons. The Kier molecular flexibility index (Phi) is 35.3. The topological polar surface area (TPSA) is 91.3 Å². The van der Waals surface area contributed by atoms with Gasteiger partial charge in [0.15, 0.2) is 0 Å². The highest BCUT2D eigenvalue weighted by Gasteiger charge is 2.26. The Hall–Kier alpha value is -1.02. The van der Waals surface area contributed by atoms with E-state index in [4.69, 9.17) is 18.5 Å². The number of carbonyl (C=O) groups excluding carboxylic acids is 1. The fourth-order valence-electron chi connectivity index (χ4n) is 5.70. The number of allylic oxidation sites excluding steroid dienone is 4. The van der Waals surface area contributed by atoms with Gasteiger partial charge in [-0.05, 0) is 44.9 Å². The third-order valence-corrected chi connectivity index (χ3v) is 10.00. The quantitative estimate of drug-likeness (QED) is 0.0220. The van der Waals surface area contributed by atoms with Crippen LogP contribution >= 0.6 is 7.82 Å². The number of ether oxygens (including phenoxy) is 2. The Labute approximate surface area is 315 Å². The van der Waals surface area contributed by atoms with Gasteiger partial charge in [-0.25, -0.2) is 4.57 Å². The van der Waals surface area contributed by atoms with E-state index in [2.05, 4.69) is 38.2 Å². The van der Waals surface area contributed by atoms with Crippen LogP contribution in [0.3, 0.4) is 0 Å². The van der Waals surface area contributed by atoms with Crippen molar-refractivity contribution < 1.29 is 37.3 Å². The van der Waals surface area contributed by atoms with E-state index in [1.165, 1.54) is 103 Å². The molecule has 0 aromatic rings. The largest absolute Gasteiger partial charge is 0.472 e. The second-order valence-electron chi connectivity index (χ2n) is 15.4. The first-order valence-electron chi connectivity index (χ1n) is 21.1. The molecular weight excluding hydrogens is 661 g/mol. The molecule has 0 aromatic carbocycles. The summed E-state index contributed by atoms with van der Waals surface area (Å²) in [5.41, 5.74) is 0. The van der Waals surface area contributed by atoms with Crippen molar-refractivity contribution in [3.63, 3.8) is 0 Å². The van der Waals surface area contributed by atoms with Crippen molar-refractivity contribution >= 4 is 13.8 Å². The molecule has 1 unspecified atom stereocenters. The summed E-state index contributed by atoms with van der Waals surface area (Å²) < 4.78 is 34.9. The van der Waals surface area contributed by atoms with E-state index in [0.29, 0.717) is 24.1 Å². The van der Waals surface area contributed by atoms with E-state index >= 15 is 0 Å². The molecule has 2 atom stereocenters. The fourth-order valence-corrected chi connectivity index (χ4v) is 6.44. The minimum Gasteiger partial charge on any atom is -0.457 e. The van der Waals surface area contributed by atoms with Gasteiger partial charge in [0.05, 0.1) is 34.4 Å². The number of likely N-dealkylation sites (N-methyl/N-ethyl adjacent to an activating group) is 1. The predicted octanol–water partition coefficient (Wildman–Crippen LogP) is 12.0. The molecule has 1 N–H and O–H groups in total. The number of rotatable bonds is 39. The SMILES string of the molecule is CCCCC/C=C/C/C=C/CCCCCCCC(=O)O[C@H](COCCCCCCCCCCCCCCCC)COP(=O)(O)OCC[N+](C)(C)C. The molecule has 0 aromatic heterocycles. The van der Waals surface area contributed by atoms with Crippen LogP contribution in [0.4, 0.5) is 0 Å². The molecule has 0 heterocycles. The van der Waals surface area contributed by atoms with Gasteiger partial charge in [-0.3, -0.25) is 13.8 Å². The van der Waals surface area contributed by atoms with Crippen LogP contribution in [0.15, 0.2) is 24.3 Å². The third kappa shape index (κ3) is 40.0. The highest BCUT2D eigenvalue weighted by molar-refractivity contribution is 7.47. The maximum atomic E-state index is 12.7. The van der Waals surface area contributed by atoms with Crippen LogP contribution < -0.4 is 0 Å². The first-order chi connectivity index (χ1) is 24.6. The molecule has 0 amide bonds. The van der Waals surface area contributed by atoms with Crippen molar-refractivity contribution in [1.29, 1.82) is 0 Å². The number of phosphoric acid groups is 1. The van der Waals surface area contributed by atoms with Gasteiger partial charge in [0.2, 0.25) is 0 Å². The van der Waals surface area contributed by atoms with Crippen LogP contribution in [0, 0.1) is 0 Å². The van der Waals surface area contributed by atoms with E-state index in [1.54, 1.807) is 0 Å². The molecule has 0 aliphatic rings. The summed E-state index contributed by atoms with van der Waals surface area (Å²) in [6, 6.07) is 0. The van der Waals surface area contributed by atoms with Gasteiger partial charge in [0, 0.05) is 13.0 Å². The molecule has 51 heavy (non-hydrogen) atoms. The van der Waals surface area contributed by atoms with Crippen molar-refractivity contribution in [2.75, 3.05) is 54.1 Å². The lowest BCUT2D eigenvalue weighted by atomic mass is 10.0. The van der Waals surface area contributed by atoms with Crippen molar-refractivity contribution in [2.45, 2.75) is 187 Å². The Morgan fingerprint density at radius 1 is 0.608 bits per heavy atom. The van der Waals surface area contributed by atoms with Crippen LogP contribution in [0.5, 0.6) is 0 Å². The maximum absolute atomic E-state index is 12.7. The van der Waals surface area contributed by atoms with E-state index in [1.807, 2.05) is 21.1 Å². The fraction of sp³-hybridized carbons (Fsp3) is 0.881. The molecule has 0 saturated carbocycles. The summed E-state index contributed by atoms with van der Waals surface area (Å²) in [6.07, 6.45) is 39.1. The predicted molar refractivity (Wildman–Crippen MR) is 215 cm³/mol. The van der Waals surface area contributed by atoms with Gasteiger partial charge in [-0.2, -0.15) is 0 Å². The normalized spacial score (nSPS) is 14.1. The van der Waals surface area contributed by atoms with Crippen molar-refractivity contribution in [3.05, 3.63) is 24.3 Å². The lowest BCUT2D eigenvalue weighted by Gasteiger charge is -2.24. The summed E-state index contributed by atoms with van der Waals surface area (Å²) >= 11 is 0. The zero-order chi connectivity index (χ0) is 37.7. The molecule has 0 aliphatic carbocycles. The maximum Gasteiger partial charge on any atom is 0.472 e. The smallest absolute Gasteiger partial charge is 0.457 e. The van der Waals surface area contributed by atoms with Gasteiger partial charge in [-0.15, -0.1) is 0 Å². The van der Waals surface area contributed by atoms with Gasteiger partial charge < -0.3 is 18.9 Å². The van der Waals surface area contributed by atoms with Gasteiger partial charge in [0.1, 0.15) is 19.3 Å². The van der Waals surface area contributed by atoms with Crippen molar-refractivity contribution in [3.8, 4) is 0 Å². The molecule has 0 spiro atoms. The number of unbranched alkanes of at least 4 members (excludes halogenated alkanes) is 21. The third-order valence-electron chi connectivity index (χ3n) is 9.02. The monoisotopic (exact) mass is 745 g/mol. The van der Waals surface area contributed by atoms with Crippen LogP contribution in [0.1, 0.15) is 181 Å². The molecule has 0 bridgehead atoms. The second kappa shape index (κ2) is 36.0. The summed E-state index contributed by atoms with van der Waals surface area (Å²) in [6.45, 7) is 5.60. The Morgan fingerprint density at radius 3 is 1.63 bits per heavy atom. The standard InChI is InChI=1S/C42H82NO7P/c1-6-8-10-12-14-16-18-20-22-23-25-27-29-31-33-35-42(44)50-41(40-49-51(45,46)48-38-36-43(3,4)5)39-47-37-34-32-30-28-26-24-21-19-17-15-13-11-9-7-2/h14,16,20,22,41H,6-13,15,17-19,21,23-40H2,1-5H3/p+1/b16-14+,22-20+/t41-/m1/s1. The number of carbonyl (C=O) groups is 1. The average Bonchev–Trinajstić information content (AvgIpc) is 3.08. The molecule has 9 heteroatoms. The number of esters is 1. The first kappa shape index (κ1) is 50.0. The summed E-state index contributed by atoms with van der Waals surface area (Å²) in [5, 5.41) is 0. The molecule has 0 rings (SSSR count). The zero-order valence-electron chi connectivity index (χ0n) is 34.1.